The molecule has 0 unspecified atom stereocenters. The van der Waals surface area contributed by atoms with Gasteiger partial charge in [0.05, 0.1) is 39.0 Å². The lowest BCUT2D eigenvalue weighted by Gasteiger charge is -2.34. The predicted molar refractivity (Wildman–Crippen MR) is 387 cm³/mol. The van der Waals surface area contributed by atoms with Crippen molar-refractivity contribution >= 4 is 99.6 Å². The number of nitrogens with zero attached hydrogens (tertiary/aromatic N) is 2. The Hall–Kier alpha value is -10.1. The molecule has 2 heterocycles. The number of H-pyrrole nitrogens is 1. The lowest BCUT2D eigenvalue weighted by Crippen LogP contribution is -2.61. The van der Waals surface area contributed by atoms with E-state index in [0.717, 1.165) is 9.80 Å². The van der Waals surface area contributed by atoms with Gasteiger partial charge in [0, 0.05) is 44.0 Å². The number of aliphatic hydroxyl groups excluding tert-OH is 2. The molecule has 12 atom stereocenters. The molecule has 0 saturated carbocycles. The Kier molecular flexibility index (Phi) is 36.6. The minimum absolute atomic E-state index is 0.0237. The maximum atomic E-state index is 15.0. The van der Waals surface area contributed by atoms with Crippen LogP contribution < -0.4 is 76.1 Å². The summed E-state index contributed by atoms with van der Waals surface area (Å²) in [5.41, 5.74) is 24.7. The third-order valence-corrected chi connectivity index (χ3v) is 17.7. The topological polar surface area (TPSA) is 552 Å². The average molecular weight is 1490 g/mol. The smallest absolute Gasteiger partial charge is 0.329 e. The summed E-state index contributed by atoms with van der Waals surface area (Å²) in [6, 6.07) is -2.24. The number of para-hydroxylation sites is 1. The van der Waals surface area contributed by atoms with Crippen LogP contribution in [0, 0.1) is 17.8 Å². The first-order chi connectivity index (χ1) is 50.1. The summed E-state index contributed by atoms with van der Waals surface area (Å²) in [5.74, 6) is -16.2. The van der Waals surface area contributed by atoms with Gasteiger partial charge < -0.3 is 106 Å². The number of carbonyl (C=O) groups excluding carboxylic acids is 15. The van der Waals surface area contributed by atoms with Crippen LogP contribution in [0.3, 0.4) is 0 Å². The number of amides is 14. The van der Waals surface area contributed by atoms with Crippen molar-refractivity contribution in [2.75, 3.05) is 46.9 Å². The summed E-state index contributed by atoms with van der Waals surface area (Å²) in [6.45, 7) is 8.81. The minimum atomic E-state index is -1.92. The normalized spacial score (nSPS) is 24.5. The molecule has 0 bridgehead atoms. The van der Waals surface area contributed by atoms with Crippen LogP contribution in [-0.4, -0.2) is 233 Å². The van der Waals surface area contributed by atoms with Crippen molar-refractivity contribution in [3.63, 3.8) is 0 Å². The van der Waals surface area contributed by atoms with Crippen LogP contribution in [0.5, 0.6) is 0 Å². The van der Waals surface area contributed by atoms with Crippen molar-refractivity contribution < 1.29 is 86.9 Å². The fourth-order valence-corrected chi connectivity index (χ4v) is 11.9. The van der Waals surface area contributed by atoms with Gasteiger partial charge in [0.2, 0.25) is 82.7 Å². The van der Waals surface area contributed by atoms with Crippen LogP contribution in [-0.2, 0) is 89.5 Å². The zero-order chi connectivity index (χ0) is 79.1. The lowest BCUT2D eigenvalue weighted by molar-refractivity contribution is -0.162. The Bertz CT molecular complexity index is 3520. The van der Waals surface area contributed by atoms with Crippen molar-refractivity contribution in [3.05, 3.63) is 71.9 Å². The fraction of sp³-hybridized carbons (Fsp3) is 0.592. The van der Waals surface area contributed by atoms with Gasteiger partial charge in [0.15, 0.2) is 0 Å². The first-order valence-corrected chi connectivity index (χ1v) is 35.6. The summed E-state index contributed by atoms with van der Waals surface area (Å²) in [6.07, 6.45) is -1.35. The van der Waals surface area contributed by atoms with Gasteiger partial charge in [-0.25, -0.2) is 4.79 Å². The van der Waals surface area contributed by atoms with E-state index in [9.17, 15) is 82.1 Å². The number of hydrogen-bond acceptors (Lipinski definition) is 20. The number of carbonyl (C=O) groups is 15. The molecule has 0 radical (unpaired) electrons. The second-order valence-electron chi connectivity index (χ2n) is 27.7. The maximum Gasteiger partial charge on any atom is 0.329 e. The van der Waals surface area contributed by atoms with Crippen LogP contribution in [0.4, 0.5) is 0 Å². The van der Waals surface area contributed by atoms with Gasteiger partial charge in [0.25, 0.3) is 0 Å². The van der Waals surface area contributed by atoms with Gasteiger partial charge in [0.1, 0.15) is 72.6 Å². The molecule has 1 aromatic heterocycles. The number of aromatic nitrogens is 1. The van der Waals surface area contributed by atoms with Gasteiger partial charge in [-0.2, -0.15) is 0 Å². The van der Waals surface area contributed by atoms with E-state index in [1.807, 2.05) is 13.8 Å². The molecule has 3 aromatic rings. The predicted octanol–water partition coefficient (Wildman–Crippen LogP) is -3.84. The Balaban J connectivity index is 1.85. The molecule has 14 amide bonds. The van der Waals surface area contributed by atoms with Gasteiger partial charge in [-0.1, -0.05) is 96.5 Å². The Morgan fingerprint density at radius 1 is 0.538 bits per heavy atom. The molecule has 1 aliphatic heterocycles. The van der Waals surface area contributed by atoms with Crippen LogP contribution >= 0.6 is 0 Å². The van der Waals surface area contributed by atoms with Crippen LogP contribution in [0.15, 0.2) is 60.8 Å². The molecule has 35 nitrogen and oxygen atoms in total. The molecule has 106 heavy (non-hydrogen) atoms. The molecule has 1 aliphatic rings. The number of aromatic amines is 1. The summed E-state index contributed by atoms with van der Waals surface area (Å²) >= 11 is 0. The number of primary amides is 2. The molecule has 1 saturated heterocycles. The zero-order valence-electron chi connectivity index (χ0n) is 61.8. The molecule has 1 fully saturated rings. The molecule has 2 aromatic carbocycles. The molecule has 21 N–H and O–H groups in total. The quantitative estimate of drug-likeness (QED) is 0.0404. The summed E-state index contributed by atoms with van der Waals surface area (Å²) < 4.78 is 6.04. The minimum Gasteiger partial charge on any atom is -0.460 e. The van der Waals surface area contributed by atoms with Crippen LogP contribution in [0.25, 0.3) is 10.9 Å². The number of rotatable bonds is 23. The maximum absolute atomic E-state index is 15.0. The van der Waals surface area contributed by atoms with E-state index in [1.54, 1.807) is 88.5 Å². The number of nitrogens with two attached hydrogens (primary N) is 4. The standard InChI is InChI=1S/C71H109N17O18/c1-38(2)18-15-21-44-31-58(93)79-54(37-90)68(102)84-52(33-57(75)92)67(101)86-53(36-89)62(96)77-35-59(94)87(8)55(29-42-19-11-10-12-20-42)69(103)85-49(28-39(3)4)64(98)80-47(24-16-26-72)63(97)78-41(7)61(95)82-51(32-56(74)91)66(100)83-50(30-43-34-76-46-23-14-13-22-45(43)46)65(99)81-48(25-17-27-73)70(104)88(9)60(40(5)6)71(105)106-44/h10-14,19-20,22-23,34,38-41,44,47-55,60,76,89-90H,15-18,21,24-33,35-37,72-73H2,1-9H3,(H2,74,91)(H2,75,92)(H,77,96)(H,78,97)(H,79,93)(H,80,98)(H,81,99)(H,82,95)(H,83,100)(H,84,102)(H,85,103)(H,86,101)/t41-,44+,47+,48+,49-,50+,51+,52+,53-,54-,55+,60-/m0/s1. The molecule has 0 aliphatic carbocycles. The first kappa shape index (κ1) is 88.3. The number of esters is 1. The molecule has 35 heteroatoms. The number of benzene rings is 2. The fourth-order valence-electron chi connectivity index (χ4n) is 11.9. The van der Waals surface area contributed by atoms with Crippen molar-refractivity contribution in [2.24, 2.45) is 40.7 Å². The van der Waals surface area contributed by atoms with Crippen molar-refractivity contribution in [1.29, 1.82) is 0 Å². The molecule has 586 valence electrons. The molecule has 0 spiro atoms. The van der Waals surface area contributed by atoms with E-state index in [0.29, 0.717) is 34.9 Å². The summed E-state index contributed by atoms with van der Waals surface area (Å²) in [4.78, 5) is 216. The van der Waals surface area contributed by atoms with Gasteiger partial charge in [-0.3, -0.25) is 67.1 Å². The monoisotopic (exact) mass is 1490 g/mol. The van der Waals surface area contributed by atoms with Crippen molar-refractivity contribution in [3.8, 4) is 0 Å². The summed E-state index contributed by atoms with van der Waals surface area (Å²) in [5, 5.41) is 46.1. The lowest BCUT2D eigenvalue weighted by atomic mass is 9.99. The third-order valence-electron chi connectivity index (χ3n) is 17.7. The molecular formula is C71H109N17O18. The number of cyclic esters (lactones) is 1. The van der Waals surface area contributed by atoms with Crippen LogP contribution in [0.1, 0.15) is 130 Å². The molecule has 4 rings (SSSR count). The van der Waals surface area contributed by atoms with E-state index < -0.39 is 206 Å². The van der Waals surface area contributed by atoms with E-state index in [1.165, 1.54) is 21.0 Å². The third kappa shape index (κ3) is 28.4. The van der Waals surface area contributed by atoms with Crippen molar-refractivity contribution in [2.45, 2.75) is 205 Å². The van der Waals surface area contributed by atoms with Crippen LogP contribution in [0.2, 0.25) is 0 Å². The summed E-state index contributed by atoms with van der Waals surface area (Å²) in [7, 11) is 2.54. The number of hydrogen-bond donors (Lipinski definition) is 17. The van der Waals surface area contributed by atoms with E-state index in [-0.39, 0.29) is 76.3 Å². The Labute approximate surface area is 616 Å². The number of fused-ring (bicyclic) bond motifs is 1. The van der Waals surface area contributed by atoms with Gasteiger partial charge >= 0.3 is 5.97 Å². The second kappa shape index (κ2) is 44.0. The first-order valence-electron chi connectivity index (χ1n) is 35.6. The van der Waals surface area contributed by atoms with E-state index >= 15 is 0 Å². The van der Waals surface area contributed by atoms with Crippen molar-refractivity contribution in [1.82, 2.24) is 68.0 Å². The van der Waals surface area contributed by atoms with E-state index in [2.05, 4.69) is 58.2 Å². The highest BCUT2D eigenvalue weighted by Gasteiger charge is 2.40. The Morgan fingerprint density at radius 2 is 1.04 bits per heavy atom. The highest BCUT2D eigenvalue weighted by atomic mass is 16.5. The largest absolute Gasteiger partial charge is 0.460 e. The average Bonchev–Trinajstić information content (AvgIpc) is 1.57. The van der Waals surface area contributed by atoms with Gasteiger partial charge in [-0.15, -0.1) is 0 Å². The number of aliphatic hydroxyl groups is 2. The number of likely N-dealkylation sites (N-methyl/N-ethyl adjacent to an activating group) is 2. The van der Waals surface area contributed by atoms with Gasteiger partial charge in [-0.05, 0) is 99.9 Å². The SMILES string of the molecule is CC(C)CCC[C@@H]1CC(=O)N[C@@H](CO)C(=O)N[C@H](CC(N)=O)C(=O)N[C@@H](CO)C(=O)NCC(=O)N(C)[C@H](Cc2ccccc2)C(=O)N[C@@H](CC(C)C)C(=O)N[C@H](CCCN)C(=O)N[C@@H](C)C(=O)N[C@H](CC(N)=O)C(=O)N[C@H](Cc2c[nH]c3ccccc23)C(=O)N[C@H](CCCN)C(=O)N(C)[C@@H](C(C)C)C(=O)O1. The highest BCUT2D eigenvalue weighted by molar-refractivity contribution is 6.01. The molecular weight excluding hydrogens is 1380 g/mol. The Morgan fingerprint density at radius 3 is 1.61 bits per heavy atom. The second-order valence-corrected chi connectivity index (χ2v) is 27.7. The number of nitrogens with one attached hydrogen (secondary N) is 11. The zero-order valence-corrected chi connectivity index (χ0v) is 61.8. The van der Waals surface area contributed by atoms with E-state index in [4.69, 9.17) is 27.7 Å². The number of ether oxygens (including phenoxy) is 1. The highest BCUT2D eigenvalue weighted by Crippen LogP contribution is 2.23.